The van der Waals surface area contributed by atoms with Crippen LogP contribution < -0.4 is 5.32 Å². The van der Waals surface area contributed by atoms with Gasteiger partial charge in [0.1, 0.15) is 0 Å². The fourth-order valence-electron chi connectivity index (χ4n) is 2.98. The van der Waals surface area contributed by atoms with Crippen LogP contribution in [0.2, 0.25) is 0 Å². The van der Waals surface area contributed by atoms with Crippen molar-refractivity contribution in [1.82, 2.24) is 10.2 Å². The van der Waals surface area contributed by atoms with Gasteiger partial charge in [-0.05, 0) is 45.7 Å². The van der Waals surface area contributed by atoms with Gasteiger partial charge in [0.15, 0.2) is 0 Å². The summed E-state index contributed by atoms with van der Waals surface area (Å²) >= 11 is 0. The first-order valence-corrected chi connectivity index (χ1v) is 7.11. The Morgan fingerprint density at radius 1 is 1.28 bits per heavy atom. The Morgan fingerprint density at radius 3 is 2.72 bits per heavy atom. The first-order chi connectivity index (χ1) is 8.59. The van der Waals surface area contributed by atoms with Crippen LogP contribution in [0, 0.1) is 0 Å². The second-order valence-electron chi connectivity index (χ2n) is 6.06. The van der Waals surface area contributed by atoms with Gasteiger partial charge in [0.05, 0.1) is 0 Å². The summed E-state index contributed by atoms with van der Waals surface area (Å²) in [5.41, 5.74) is 1.70. The third-order valence-electron chi connectivity index (χ3n) is 4.09. The van der Waals surface area contributed by atoms with Crippen molar-refractivity contribution in [3.8, 4) is 0 Å². The predicted molar refractivity (Wildman–Crippen MR) is 77.9 cm³/mol. The predicted octanol–water partition coefficient (Wildman–Crippen LogP) is 2.69. The largest absolute Gasteiger partial charge is 0.315 e. The molecule has 0 bridgehead atoms. The Balaban J connectivity index is 2.01. The fraction of sp³-hybridized carbons (Fsp3) is 0.625. The lowest BCUT2D eigenvalue weighted by Gasteiger charge is -2.40. The fourth-order valence-corrected chi connectivity index (χ4v) is 2.98. The normalized spacial score (nSPS) is 24.7. The highest BCUT2D eigenvalue weighted by Gasteiger charge is 2.31. The summed E-state index contributed by atoms with van der Waals surface area (Å²) in [4.78, 5) is 2.67. The van der Waals surface area contributed by atoms with E-state index in [1.54, 1.807) is 0 Å². The molecule has 0 saturated carbocycles. The highest BCUT2D eigenvalue weighted by molar-refractivity contribution is 5.15. The molecule has 1 atom stereocenters. The molecule has 2 heteroatoms. The van der Waals surface area contributed by atoms with E-state index in [-0.39, 0.29) is 5.54 Å². The zero-order chi connectivity index (χ0) is 13.0. The van der Waals surface area contributed by atoms with E-state index in [1.165, 1.54) is 12.0 Å². The first-order valence-electron chi connectivity index (χ1n) is 7.11. The summed E-state index contributed by atoms with van der Waals surface area (Å²) in [7, 11) is 0. The Kier molecular flexibility index (Phi) is 4.41. The van der Waals surface area contributed by atoms with Crippen molar-refractivity contribution in [2.45, 2.75) is 45.2 Å². The second kappa shape index (κ2) is 5.85. The van der Waals surface area contributed by atoms with Crippen LogP contribution in [-0.4, -0.2) is 36.1 Å². The number of rotatable bonds is 3. The van der Waals surface area contributed by atoms with Crippen LogP contribution in [0.5, 0.6) is 0 Å². The monoisotopic (exact) mass is 246 g/mol. The molecule has 0 radical (unpaired) electrons. The van der Waals surface area contributed by atoms with Crippen molar-refractivity contribution in [1.29, 1.82) is 0 Å². The highest BCUT2D eigenvalue weighted by Crippen LogP contribution is 2.21. The molecule has 2 rings (SSSR count). The minimum atomic E-state index is 0.255. The Morgan fingerprint density at radius 2 is 2.00 bits per heavy atom. The molecule has 0 amide bonds. The molecular weight excluding hydrogens is 220 g/mol. The van der Waals surface area contributed by atoms with Gasteiger partial charge in [-0.2, -0.15) is 0 Å². The maximum Gasteiger partial charge on any atom is 0.0280 e. The topological polar surface area (TPSA) is 15.3 Å². The molecule has 18 heavy (non-hydrogen) atoms. The maximum absolute atomic E-state index is 3.55. The van der Waals surface area contributed by atoms with Crippen molar-refractivity contribution in [3.63, 3.8) is 0 Å². The minimum Gasteiger partial charge on any atom is -0.315 e. The SMILES string of the molecule is CC1CCNCC(C)(C)N1CCc1ccccc1. The zero-order valence-electron chi connectivity index (χ0n) is 11.9. The average Bonchev–Trinajstić information content (AvgIpc) is 2.47. The molecule has 1 aliphatic heterocycles. The van der Waals surface area contributed by atoms with E-state index in [0.29, 0.717) is 6.04 Å². The summed E-state index contributed by atoms with van der Waals surface area (Å²) in [5, 5.41) is 3.55. The summed E-state index contributed by atoms with van der Waals surface area (Å²) in [5.74, 6) is 0. The van der Waals surface area contributed by atoms with Crippen molar-refractivity contribution in [3.05, 3.63) is 35.9 Å². The van der Waals surface area contributed by atoms with Crippen molar-refractivity contribution < 1.29 is 0 Å². The van der Waals surface area contributed by atoms with E-state index in [9.17, 15) is 0 Å². The van der Waals surface area contributed by atoms with Crippen LogP contribution in [0.25, 0.3) is 0 Å². The molecule has 1 aliphatic rings. The molecule has 2 nitrogen and oxygen atoms in total. The van der Waals surface area contributed by atoms with Crippen LogP contribution in [0.4, 0.5) is 0 Å². The van der Waals surface area contributed by atoms with Gasteiger partial charge in [0.2, 0.25) is 0 Å². The molecule has 1 heterocycles. The Labute approximate surface area is 111 Å². The number of benzene rings is 1. The smallest absolute Gasteiger partial charge is 0.0280 e. The van der Waals surface area contributed by atoms with E-state index in [0.717, 1.165) is 26.1 Å². The van der Waals surface area contributed by atoms with E-state index in [1.807, 2.05) is 0 Å². The number of nitrogens with zero attached hydrogens (tertiary/aromatic N) is 1. The average molecular weight is 246 g/mol. The van der Waals surface area contributed by atoms with Gasteiger partial charge in [0.25, 0.3) is 0 Å². The van der Waals surface area contributed by atoms with Gasteiger partial charge in [-0.3, -0.25) is 4.90 Å². The minimum absolute atomic E-state index is 0.255. The lowest BCUT2D eigenvalue weighted by atomic mass is 9.99. The summed E-state index contributed by atoms with van der Waals surface area (Å²) in [6, 6.07) is 11.5. The summed E-state index contributed by atoms with van der Waals surface area (Å²) in [6.45, 7) is 10.5. The zero-order valence-corrected chi connectivity index (χ0v) is 11.9. The van der Waals surface area contributed by atoms with Gasteiger partial charge < -0.3 is 5.32 Å². The maximum atomic E-state index is 3.55. The molecule has 1 fully saturated rings. The molecule has 0 spiro atoms. The number of hydrogen-bond acceptors (Lipinski definition) is 2. The van der Waals surface area contributed by atoms with Gasteiger partial charge >= 0.3 is 0 Å². The van der Waals surface area contributed by atoms with Crippen LogP contribution in [0.3, 0.4) is 0 Å². The van der Waals surface area contributed by atoms with Gasteiger partial charge in [-0.1, -0.05) is 30.3 Å². The molecule has 0 aliphatic carbocycles. The third kappa shape index (κ3) is 3.33. The molecule has 0 aromatic heterocycles. The summed E-state index contributed by atoms with van der Waals surface area (Å²) in [6.07, 6.45) is 2.40. The van der Waals surface area contributed by atoms with Gasteiger partial charge in [0, 0.05) is 24.7 Å². The van der Waals surface area contributed by atoms with Crippen molar-refractivity contribution >= 4 is 0 Å². The molecule has 1 aromatic rings. The Hall–Kier alpha value is -0.860. The van der Waals surface area contributed by atoms with Crippen LogP contribution in [0.1, 0.15) is 32.8 Å². The highest BCUT2D eigenvalue weighted by atomic mass is 15.2. The molecule has 1 aromatic carbocycles. The lowest BCUT2D eigenvalue weighted by molar-refractivity contribution is 0.0901. The number of nitrogens with one attached hydrogen (secondary N) is 1. The number of hydrogen-bond donors (Lipinski definition) is 1. The Bertz CT molecular complexity index is 359. The van der Waals surface area contributed by atoms with Crippen molar-refractivity contribution in [2.75, 3.05) is 19.6 Å². The van der Waals surface area contributed by atoms with Crippen LogP contribution in [0.15, 0.2) is 30.3 Å². The van der Waals surface area contributed by atoms with E-state index >= 15 is 0 Å². The summed E-state index contributed by atoms with van der Waals surface area (Å²) < 4.78 is 0. The standard InChI is InChI=1S/C16H26N2/c1-14-9-11-17-13-16(2,3)18(14)12-10-15-7-5-4-6-8-15/h4-8,14,17H,9-13H2,1-3H3. The molecule has 1 saturated heterocycles. The van der Waals surface area contributed by atoms with Crippen LogP contribution in [-0.2, 0) is 6.42 Å². The van der Waals surface area contributed by atoms with Crippen molar-refractivity contribution in [2.24, 2.45) is 0 Å². The molecule has 1 unspecified atom stereocenters. The quantitative estimate of drug-likeness (QED) is 0.882. The van der Waals surface area contributed by atoms with E-state index in [2.05, 4.69) is 61.3 Å². The third-order valence-corrected chi connectivity index (χ3v) is 4.09. The van der Waals surface area contributed by atoms with Gasteiger partial charge in [-0.25, -0.2) is 0 Å². The first kappa shape index (κ1) is 13.6. The second-order valence-corrected chi connectivity index (χ2v) is 6.06. The molecular formula is C16H26N2. The van der Waals surface area contributed by atoms with Gasteiger partial charge in [-0.15, -0.1) is 0 Å². The van der Waals surface area contributed by atoms with E-state index in [4.69, 9.17) is 0 Å². The van der Waals surface area contributed by atoms with E-state index < -0.39 is 0 Å². The molecule has 100 valence electrons. The molecule has 1 N–H and O–H groups in total. The lowest BCUT2D eigenvalue weighted by Crippen LogP contribution is -2.52. The van der Waals surface area contributed by atoms with Crippen LogP contribution >= 0.6 is 0 Å².